The second-order valence-corrected chi connectivity index (χ2v) is 5.15. The van der Waals surface area contributed by atoms with E-state index in [4.69, 9.17) is 5.11 Å². The molecular weight excluding hydrogens is 240 g/mol. The van der Waals surface area contributed by atoms with Crippen molar-refractivity contribution in [3.8, 4) is 11.8 Å². The number of carbonyl (C=O) groups excluding carboxylic acids is 1. The number of rotatable bonds is 2. The SMILES string of the molecule is CC(C)(C)NC(=O)Nc1ccccc1C#CCCO. The van der Waals surface area contributed by atoms with Gasteiger partial charge in [0.25, 0.3) is 0 Å². The fourth-order valence-corrected chi connectivity index (χ4v) is 1.41. The highest BCUT2D eigenvalue weighted by molar-refractivity contribution is 5.91. The van der Waals surface area contributed by atoms with Crippen LogP contribution in [0, 0.1) is 11.8 Å². The largest absolute Gasteiger partial charge is 0.395 e. The molecule has 4 nitrogen and oxygen atoms in total. The third kappa shape index (κ3) is 5.94. The summed E-state index contributed by atoms with van der Waals surface area (Å²) in [5.41, 5.74) is 1.11. The van der Waals surface area contributed by atoms with Gasteiger partial charge in [-0.1, -0.05) is 24.0 Å². The molecule has 1 rings (SSSR count). The minimum atomic E-state index is -0.290. The zero-order chi connectivity index (χ0) is 14.3. The van der Waals surface area contributed by atoms with Crippen molar-refractivity contribution < 1.29 is 9.90 Å². The number of urea groups is 1. The maximum atomic E-state index is 11.8. The molecule has 1 aromatic rings. The molecule has 2 amide bonds. The fraction of sp³-hybridized carbons (Fsp3) is 0.400. The number of hydrogen-bond acceptors (Lipinski definition) is 2. The van der Waals surface area contributed by atoms with Crippen LogP contribution in [0.15, 0.2) is 24.3 Å². The molecule has 0 bridgehead atoms. The van der Waals surface area contributed by atoms with Crippen LogP contribution in [0.1, 0.15) is 32.8 Å². The highest BCUT2D eigenvalue weighted by Gasteiger charge is 2.14. The number of benzene rings is 1. The lowest BCUT2D eigenvalue weighted by Gasteiger charge is -2.21. The maximum absolute atomic E-state index is 11.8. The Bertz CT molecular complexity index is 493. The molecule has 0 aliphatic rings. The summed E-state index contributed by atoms with van der Waals surface area (Å²) in [5.74, 6) is 5.77. The zero-order valence-corrected chi connectivity index (χ0v) is 11.6. The Morgan fingerprint density at radius 1 is 1.32 bits per heavy atom. The first kappa shape index (κ1) is 15.1. The summed E-state index contributed by atoms with van der Waals surface area (Å²) in [6.45, 7) is 5.78. The van der Waals surface area contributed by atoms with Crippen LogP contribution in [0.5, 0.6) is 0 Å². The van der Waals surface area contributed by atoms with E-state index in [2.05, 4.69) is 22.5 Å². The number of aliphatic hydroxyl groups is 1. The first-order valence-electron chi connectivity index (χ1n) is 6.20. The summed E-state index contributed by atoms with van der Waals surface area (Å²) in [5, 5.41) is 14.3. The van der Waals surface area contributed by atoms with Gasteiger partial charge in [0.05, 0.1) is 12.3 Å². The molecule has 1 aromatic carbocycles. The Morgan fingerprint density at radius 3 is 2.63 bits per heavy atom. The minimum Gasteiger partial charge on any atom is -0.395 e. The smallest absolute Gasteiger partial charge is 0.319 e. The van der Waals surface area contributed by atoms with Crippen LogP contribution in [0.2, 0.25) is 0 Å². The Balaban J connectivity index is 2.79. The third-order valence-electron chi connectivity index (χ3n) is 2.12. The third-order valence-corrected chi connectivity index (χ3v) is 2.12. The predicted molar refractivity (Wildman–Crippen MR) is 76.9 cm³/mol. The van der Waals surface area contributed by atoms with Gasteiger partial charge in [-0.25, -0.2) is 4.79 Å². The molecule has 19 heavy (non-hydrogen) atoms. The Hall–Kier alpha value is -1.99. The average molecular weight is 260 g/mol. The van der Waals surface area contributed by atoms with E-state index in [0.717, 1.165) is 5.56 Å². The van der Waals surface area contributed by atoms with Gasteiger partial charge in [0, 0.05) is 17.5 Å². The average Bonchev–Trinajstić information content (AvgIpc) is 2.29. The maximum Gasteiger partial charge on any atom is 0.319 e. The lowest BCUT2D eigenvalue weighted by molar-refractivity contribution is 0.244. The highest BCUT2D eigenvalue weighted by Crippen LogP contribution is 2.14. The molecule has 0 aliphatic carbocycles. The molecule has 0 heterocycles. The van der Waals surface area contributed by atoms with Gasteiger partial charge in [-0.2, -0.15) is 0 Å². The molecule has 0 aliphatic heterocycles. The van der Waals surface area contributed by atoms with Gasteiger partial charge in [-0.3, -0.25) is 0 Å². The number of aliphatic hydroxyl groups excluding tert-OH is 1. The van der Waals surface area contributed by atoms with Crippen LogP contribution in [-0.4, -0.2) is 23.3 Å². The van der Waals surface area contributed by atoms with E-state index in [-0.39, 0.29) is 18.2 Å². The van der Waals surface area contributed by atoms with Crippen LogP contribution in [0.3, 0.4) is 0 Å². The molecule has 0 fully saturated rings. The first-order valence-corrected chi connectivity index (χ1v) is 6.20. The number of amides is 2. The molecule has 0 saturated heterocycles. The summed E-state index contributed by atoms with van der Waals surface area (Å²) in [7, 11) is 0. The van der Waals surface area contributed by atoms with Crippen molar-refractivity contribution >= 4 is 11.7 Å². The van der Waals surface area contributed by atoms with Gasteiger partial charge < -0.3 is 15.7 Å². The topological polar surface area (TPSA) is 61.4 Å². The van der Waals surface area contributed by atoms with Gasteiger partial charge in [0.2, 0.25) is 0 Å². The summed E-state index contributed by atoms with van der Waals surface area (Å²) >= 11 is 0. The summed E-state index contributed by atoms with van der Waals surface area (Å²) < 4.78 is 0. The molecule has 4 heteroatoms. The highest BCUT2D eigenvalue weighted by atomic mass is 16.2. The molecular formula is C15H20N2O2. The monoisotopic (exact) mass is 260 g/mol. The van der Waals surface area contributed by atoms with E-state index in [9.17, 15) is 4.79 Å². The van der Waals surface area contributed by atoms with Gasteiger partial charge >= 0.3 is 6.03 Å². The van der Waals surface area contributed by atoms with Gasteiger partial charge in [-0.05, 0) is 32.9 Å². The first-order chi connectivity index (χ1) is 8.92. The van der Waals surface area contributed by atoms with E-state index >= 15 is 0 Å². The van der Waals surface area contributed by atoms with Crippen molar-refractivity contribution in [2.24, 2.45) is 0 Å². The molecule has 0 unspecified atom stereocenters. The second-order valence-electron chi connectivity index (χ2n) is 5.15. The molecule has 3 N–H and O–H groups in total. The van der Waals surface area contributed by atoms with E-state index < -0.39 is 0 Å². The van der Waals surface area contributed by atoms with Crippen molar-refractivity contribution in [1.29, 1.82) is 0 Å². The summed E-state index contributed by atoms with van der Waals surface area (Å²) in [4.78, 5) is 11.8. The summed E-state index contributed by atoms with van der Waals surface area (Å²) in [6, 6.07) is 7.06. The van der Waals surface area contributed by atoms with Crippen LogP contribution < -0.4 is 10.6 Å². The Kier molecular flexibility index (Phi) is 5.40. The molecule has 102 valence electrons. The minimum absolute atomic E-state index is 0.0348. The van der Waals surface area contributed by atoms with Crippen molar-refractivity contribution in [3.63, 3.8) is 0 Å². The number of carbonyl (C=O) groups is 1. The molecule has 0 spiro atoms. The number of hydrogen-bond donors (Lipinski definition) is 3. The van der Waals surface area contributed by atoms with Crippen LogP contribution in [0.4, 0.5) is 10.5 Å². The Morgan fingerprint density at radius 2 is 2.00 bits per heavy atom. The van der Waals surface area contributed by atoms with E-state index in [0.29, 0.717) is 12.1 Å². The second kappa shape index (κ2) is 6.81. The van der Waals surface area contributed by atoms with Crippen molar-refractivity contribution in [2.45, 2.75) is 32.7 Å². The van der Waals surface area contributed by atoms with E-state index in [1.54, 1.807) is 6.07 Å². The van der Waals surface area contributed by atoms with Crippen LogP contribution in [0.25, 0.3) is 0 Å². The molecule has 0 saturated carbocycles. The number of para-hydroxylation sites is 1. The van der Waals surface area contributed by atoms with Crippen molar-refractivity contribution in [3.05, 3.63) is 29.8 Å². The van der Waals surface area contributed by atoms with E-state index in [1.807, 2.05) is 39.0 Å². The Labute approximate surface area is 114 Å². The van der Waals surface area contributed by atoms with Crippen LogP contribution >= 0.6 is 0 Å². The molecule has 0 aromatic heterocycles. The lowest BCUT2D eigenvalue weighted by atomic mass is 10.1. The quantitative estimate of drug-likeness (QED) is 0.715. The standard InChI is InChI=1S/C15H20N2O2/c1-15(2,3)17-14(19)16-13-10-5-4-8-12(13)9-6-7-11-18/h4-5,8,10,18H,7,11H2,1-3H3,(H2,16,17,19). The molecule has 0 atom stereocenters. The van der Waals surface area contributed by atoms with E-state index in [1.165, 1.54) is 0 Å². The summed E-state index contributed by atoms with van der Waals surface area (Å²) in [6.07, 6.45) is 0.419. The number of anilines is 1. The number of nitrogens with one attached hydrogen (secondary N) is 2. The van der Waals surface area contributed by atoms with Crippen LogP contribution in [-0.2, 0) is 0 Å². The molecule has 0 radical (unpaired) electrons. The normalized spacial score (nSPS) is 10.3. The predicted octanol–water partition coefficient (Wildman–Crippen LogP) is 2.34. The fourth-order valence-electron chi connectivity index (χ4n) is 1.41. The van der Waals surface area contributed by atoms with Crippen molar-refractivity contribution in [2.75, 3.05) is 11.9 Å². The van der Waals surface area contributed by atoms with Gasteiger partial charge in [0.15, 0.2) is 0 Å². The van der Waals surface area contributed by atoms with Gasteiger partial charge in [0.1, 0.15) is 0 Å². The lowest BCUT2D eigenvalue weighted by Crippen LogP contribution is -2.43. The van der Waals surface area contributed by atoms with Gasteiger partial charge in [-0.15, -0.1) is 0 Å². The van der Waals surface area contributed by atoms with Crippen molar-refractivity contribution in [1.82, 2.24) is 5.32 Å². The zero-order valence-electron chi connectivity index (χ0n) is 11.6.